The van der Waals surface area contributed by atoms with Crippen LogP contribution in [0.2, 0.25) is 5.02 Å². The van der Waals surface area contributed by atoms with Crippen LogP contribution in [0.25, 0.3) is 6.08 Å². The van der Waals surface area contributed by atoms with Crippen molar-refractivity contribution in [1.82, 2.24) is 4.90 Å². The number of thiocarbonyl (C=S) groups is 1. The van der Waals surface area contributed by atoms with Crippen molar-refractivity contribution in [3.8, 4) is 0 Å². The lowest BCUT2D eigenvalue weighted by Crippen LogP contribution is -2.29. The molecule has 24 heavy (non-hydrogen) atoms. The molecule has 1 aromatic rings. The lowest BCUT2D eigenvalue weighted by atomic mass is 10.1. The molecule has 5 nitrogen and oxygen atoms in total. The minimum atomic E-state index is -0.885. The SMILES string of the molecule is CN(C)c1ccc(/C=C2\SC(=S)N(CCCC(=O)O)C2=O)c(Cl)c1. The average Bonchev–Trinajstić information content (AvgIpc) is 2.76. The summed E-state index contributed by atoms with van der Waals surface area (Å²) in [5, 5.41) is 9.24. The zero-order valence-electron chi connectivity index (χ0n) is 13.3. The third-order valence-corrected chi connectivity index (χ3v) is 5.14. The maximum Gasteiger partial charge on any atom is 0.303 e. The van der Waals surface area contributed by atoms with Crippen molar-refractivity contribution in [1.29, 1.82) is 0 Å². The molecule has 0 aromatic heterocycles. The van der Waals surface area contributed by atoms with Crippen LogP contribution in [0.4, 0.5) is 5.69 Å². The molecule has 1 N–H and O–H groups in total. The Bertz CT molecular complexity index is 719. The summed E-state index contributed by atoms with van der Waals surface area (Å²) in [6.45, 7) is 0.307. The normalized spacial score (nSPS) is 16.1. The lowest BCUT2D eigenvalue weighted by Gasteiger charge is -2.14. The predicted molar refractivity (Wildman–Crippen MR) is 103 cm³/mol. The first-order chi connectivity index (χ1) is 11.3. The molecule has 0 spiro atoms. The molecule has 2 rings (SSSR count). The van der Waals surface area contributed by atoms with E-state index in [0.717, 1.165) is 11.3 Å². The fourth-order valence-corrected chi connectivity index (χ4v) is 3.66. The molecule has 0 atom stereocenters. The number of benzene rings is 1. The molecule has 1 aliphatic rings. The van der Waals surface area contributed by atoms with Crippen LogP contribution in [-0.2, 0) is 9.59 Å². The Kier molecular flexibility index (Phi) is 6.26. The van der Waals surface area contributed by atoms with E-state index >= 15 is 0 Å². The van der Waals surface area contributed by atoms with Gasteiger partial charge in [0.05, 0.1) is 4.91 Å². The summed E-state index contributed by atoms with van der Waals surface area (Å²) < 4.78 is 0.442. The molecule has 1 fully saturated rings. The van der Waals surface area contributed by atoms with Crippen molar-refractivity contribution in [3.05, 3.63) is 33.7 Å². The second kappa shape index (κ2) is 8.00. The van der Waals surface area contributed by atoms with Gasteiger partial charge in [-0.05, 0) is 30.2 Å². The summed E-state index contributed by atoms with van der Waals surface area (Å²) in [5.41, 5.74) is 1.71. The van der Waals surface area contributed by atoms with E-state index in [1.807, 2.05) is 37.2 Å². The Morgan fingerprint density at radius 2 is 2.17 bits per heavy atom. The van der Waals surface area contributed by atoms with Crippen LogP contribution in [0.5, 0.6) is 0 Å². The Labute approximate surface area is 155 Å². The molecular formula is C16H17ClN2O3S2. The van der Waals surface area contributed by atoms with Crippen molar-refractivity contribution in [3.63, 3.8) is 0 Å². The van der Waals surface area contributed by atoms with Crippen molar-refractivity contribution >= 4 is 63.5 Å². The summed E-state index contributed by atoms with van der Waals surface area (Å²) in [6, 6.07) is 5.61. The van der Waals surface area contributed by atoms with Gasteiger partial charge in [-0.15, -0.1) is 0 Å². The van der Waals surface area contributed by atoms with Gasteiger partial charge in [0.25, 0.3) is 5.91 Å². The van der Waals surface area contributed by atoms with Gasteiger partial charge in [0.15, 0.2) is 0 Å². The zero-order valence-corrected chi connectivity index (χ0v) is 15.7. The van der Waals surface area contributed by atoms with E-state index in [4.69, 9.17) is 28.9 Å². The van der Waals surface area contributed by atoms with E-state index in [2.05, 4.69) is 0 Å². The summed E-state index contributed by atoms with van der Waals surface area (Å²) >= 11 is 12.7. The van der Waals surface area contributed by atoms with Crippen LogP contribution in [0, 0.1) is 0 Å². The molecule has 8 heteroatoms. The molecule has 0 bridgehead atoms. The first-order valence-corrected chi connectivity index (χ1v) is 8.84. The number of rotatable bonds is 6. The minimum absolute atomic E-state index is 0.00787. The number of thioether (sulfide) groups is 1. The van der Waals surface area contributed by atoms with Crippen molar-refractivity contribution in [2.24, 2.45) is 0 Å². The average molecular weight is 385 g/mol. The van der Waals surface area contributed by atoms with Gasteiger partial charge in [-0.3, -0.25) is 14.5 Å². The second-order valence-electron chi connectivity index (χ2n) is 5.43. The van der Waals surface area contributed by atoms with Crippen LogP contribution in [0.15, 0.2) is 23.1 Å². The smallest absolute Gasteiger partial charge is 0.303 e. The summed E-state index contributed by atoms with van der Waals surface area (Å²) in [5.74, 6) is -1.09. The van der Waals surface area contributed by atoms with Crippen LogP contribution in [-0.4, -0.2) is 46.8 Å². The van der Waals surface area contributed by atoms with Gasteiger partial charge in [-0.25, -0.2) is 0 Å². The number of anilines is 1. The van der Waals surface area contributed by atoms with E-state index in [9.17, 15) is 9.59 Å². The van der Waals surface area contributed by atoms with Crippen LogP contribution in [0.3, 0.4) is 0 Å². The molecule has 0 saturated carbocycles. The molecule has 1 saturated heterocycles. The van der Waals surface area contributed by atoms with Crippen LogP contribution >= 0.6 is 35.6 Å². The lowest BCUT2D eigenvalue weighted by molar-refractivity contribution is -0.137. The fourth-order valence-electron chi connectivity index (χ4n) is 2.13. The number of aliphatic carboxylic acids is 1. The highest BCUT2D eigenvalue weighted by molar-refractivity contribution is 8.26. The van der Waals surface area contributed by atoms with E-state index in [-0.39, 0.29) is 12.3 Å². The summed E-state index contributed by atoms with van der Waals surface area (Å²) in [7, 11) is 3.85. The van der Waals surface area contributed by atoms with Crippen molar-refractivity contribution < 1.29 is 14.7 Å². The largest absolute Gasteiger partial charge is 0.481 e. The molecule has 0 aliphatic carbocycles. The van der Waals surface area contributed by atoms with Gasteiger partial charge in [0.1, 0.15) is 4.32 Å². The number of carboxylic acid groups (broad SMARTS) is 1. The predicted octanol–water partition coefficient (Wildman–Crippen LogP) is 3.47. The topological polar surface area (TPSA) is 60.9 Å². The first-order valence-electron chi connectivity index (χ1n) is 7.23. The highest BCUT2D eigenvalue weighted by atomic mass is 35.5. The number of carbonyl (C=O) groups is 2. The second-order valence-corrected chi connectivity index (χ2v) is 7.51. The molecule has 1 amide bonds. The first kappa shape index (κ1) is 18.8. The van der Waals surface area contributed by atoms with Gasteiger partial charge in [-0.2, -0.15) is 0 Å². The molecular weight excluding hydrogens is 368 g/mol. The number of hydrogen-bond donors (Lipinski definition) is 1. The Balaban J connectivity index is 2.15. The zero-order chi connectivity index (χ0) is 17.9. The standard InChI is InChI=1S/C16H17ClN2O3S2/c1-18(2)11-6-5-10(12(17)9-11)8-13-15(22)19(16(23)24-13)7-3-4-14(20)21/h5-6,8-9H,3-4,7H2,1-2H3,(H,20,21)/b13-8-. The molecule has 1 aromatic carbocycles. The Hall–Kier alpha value is -1.57. The van der Waals surface area contributed by atoms with Crippen LogP contribution in [0.1, 0.15) is 18.4 Å². The Morgan fingerprint density at radius 1 is 1.46 bits per heavy atom. The molecule has 1 heterocycles. The van der Waals surface area contributed by atoms with Crippen molar-refractivity contribution in [2.45, 2.75) is 12.8 Å². The van der Waals surface area contributed by atoms with Crippen molar-refractivity contribution in [2.75, 3.05) is 25.5 Å². The molecule has 0 radical (unpaired) electrons. The van der Waals surface area contributed by atoms with Gasteiger partial charge in [0, 0.05) is 37.8 Å². The fraction of sp³-hybridized carbons (Fsp3) is 0.312. The Morgan fingerprint density at radius 3 is 2.75 bits per heavy atom. The number of nitrogens with zero attached hydrogens (tertiary/aromatic N) is 2. The molecule has 128 valence electrons. The summed E-state index contributed by atoms with van der Waals surface area (Å²) in [6.07, 6.45) is 2.10. The third kappa shape index (κ3) is 4.49. The quantitative estimate of drug-likeness (QED) is 0.598. The van der Waals surface area contributed by atoms with Gasteiger partial charge < -0.3 is 10.0 Å². The summed E-state index contributed by atoms with van der Waals surface area (Å²) in [4.78, 5) is 26.9. The molecule has 1 aliphatic heterocycles. The van der Waals surface area contributed by atoms with Gasteiger partial charge in [0.2, 0.25) is 0 Å². The number of hydrogen-bond acceptors (Lipinski definition) is 5. The van der Waals surface area contributed by atoms with Crippen LogP contribution < -0.4 is 4.90 Å². The number of amides is 1. The molecule has 0 unspecified atom stereocenters. The van der Waals surface area contributed by atoms with Gasteiger partial charge in [-0.1, -0.05) is 41.6 Å². The third-order valence-electron chi connectivity index (χ3n) is 3.43. The number of carbonyl (C=O) groups excluding carboxylic acids is 1. The van der Waals surface area contributed by atoms with Gasteiger partial charge >= 0.3 is 5.97 Å². The van der Waals surface area contributed by atoms with E-state index in [1.54, 1.807) is 6.08 Å². The number of carboxylic acids is 1. The van der Waals surface area contributed by atoms with E-state index in [1.165, 1.54) is 16.7 Å². The maximum atomic E-state index is 12.4. The highest BCUT2D eigenvalue weighted by Gasteiger charge is 2.31. The van der Waals surface area contributed by atoms with E-state index < -0.39 is 5.97 Å². The highest BCUT2D eigenvalue weighted by Crippen LogP contribution is 2.34. The number of halogens is 1. The maximum absolute atomic E-state index is 12.4. The minimum Gasteiger partial charge on any atom is -0.481 e. The van der Waals surface area contributed by atoms with E-state index in [0.29, 0.717) is 27.2 Å². The monoisotopic (exact) mass is 384 g/mol.